The summed E-state index contributed by atoms with van der Waals surface area (Å²) in [5.41, 5.74) is 1.41. The van der Waals surface area contributed by atoms with Crippen LogP contribution in [0.4, 0.5) is 5.13 Å². The van der Waals surface area contributed by atoms with E-state index in [1.54, 1.807) is 16.7 Å². The molecule has 1 amide bonds. The lowest BCUT2D eigenvalue weighted by Gasteiger charge is -2.22. The van der Waals surface area contributed by atoms with Gasteiger partial charge in [-0.3, -0.25) is 9.69 Å². The predicted molar refractivity (Wildman–Crippen MR) is 118 cm³/mol. The highest BCUT2D eigenvalue weighted by Gasteiger charge is 2.22. The van der Waals surface area contributed by atoms with Crippen LogP contribution in [0.5, 0.6) is 0 Å². The number of thiazole rings is 1. The second-order valence-electron chi connectivity index (χ2n) is 6.30. The number of carbonyl (C=O) groups is 1. The van der Waals surface area contributed by atoms with Gasteiger partial charge in [0, 0.05) is 23.5 Å². The number of fused-ring (bicyclic) bond motifs is 1. The smallest absolute Gasteiger partial charge is 0.260 e. The van der Waals surface area contributed by atoms with Gasteiger partial charge >= 0.3 is 0 Å². The maximum absolute atomic E-state index is 13.2. The number of thioether (sulfide) groups is 1. The van der Waals surface area contributed by atoms with E-state index in [0.29, 0.717) is 22.3 Å². The first-order chi connectivity index (χ1) is 13.0. The normalized spacial score (nSPS) is 11.3. The van der Waals surface area contributed by atoms with Gasteiger partial charge in [-0.1, -0.05) is 35.9 Å². The van der Waals surface area contributed by atoms with Crippen LogP contribution in [0.2, 0.25) is 5.02 Å². The summed E-state index contributed by atoms with van der Waals surface area (Å²) >= 11 is 9.53. The quantitative estimate of drug-likeness (QED) is 0.489. The minimum atomic E-state index is -0.0416. The van der Waals surface area contributed by atoms with Crippen molar-refractivity contribution in [2.45, 2.75) is 11.8 Å². The van der Waals surface area contributed by atoms with Crippen LogP contribution in [0, 0.1) is 0 Å². The molecule has 0 aliphatic carbocycles. The molecule has 0 radical (unpaired) electrons. The summed E-state index contributed by atoms with van der Waals surface area (Å²) in [5.74, 6) is 0.967. The molecule has 0 aliphatic rings. The molecule has 1 aromatic heterocycles. The molecule has 0 bridgehead atoms. The Morgan fingerprint density at radius 2 is 1.89 bits per heavy atom. The molecule has 3 aromatic rings. The standard InChI is InChI=1S/C20H22ClN3OS2/c1-4-26-15-10-8-14(9-11-15)19(25)24(13-12-23(2)3)20-22-18-16(21)6-5-7-17(18)27-20/h5-11H,4,12-13H2,1-3H3. The van der Waals surface area contributed by atoms with Gasteiger partial charge in [-0.25, -0.2) is 4.98 Å². The van der Waals surface area contributed by atoms with Crippen LogP contribution in [0.1, 0.15) is 17.3 Å². The van der Waals surface area contributed by atoms with Gasteiger partial charge < -0.3 is 4.90 Å². The highest BCUT2D eigenvalue weighted by Crippen LogP contribution is 2.33. The van der Waals surface area contributed by atoms with Gasteiger partial charge in [0.2, 0.25) is 0 Å². The summed E-state index contributed by atoms with van der Waals surface area (Å²) in [6.07, 6.45) is 0. The number of anilines is 1. The molecule has 0 aliphatic heterocycles. The van der Waals surface area contributed by atoms with Crippen molar-refractivity contribution in [3.05, 3.63) is 53.1 Å². The lowest BCUT2D eigenvalue weighted by atomic mass is 10.2. The maximum Gasteiger partial charge on any atom is 0.260 e. The van der Waals surface area contributed by atoms with E-state index in [2.05, 4.69) is 16.8 Å². The predicted octanol–water partition coefficient (Wildman–Crippen LogP) is 5.27. The van der Waals surface area contributed by atoms with Crippen LogP contribution < -0.4 is 4.90 Å². The van der Waals surface area contributed by atoms with Crippen LogP contribution in [-0.4, -0.2) is 48.7 Å². The molecule has 2 aromatic carbocycles. The van der Waals surface area contributed by atoms with E-state index < -0.39 is 0 Å². The van der Waals surface area contributed by atoms with Gasteiger partial charge in [0.15, 0.2) is 5.13 Å². The van der Waals surface area contributed by atoms with Crippen molar-refractivity contribution >= 4 is 56.0 Å². The Kier molecular flexibility index (Phi) is 6.76. The molecule has 3 rings (SSSR count). The monoisotopic (exact) mass is 419 g/mol. The molecule has 0 saturated heterocycles. The summed E-state index contributed by atoms with van der Waals surface area (Å²) < 4.78 is 0.981. The van der Waals surface area contributed by atoms with Gasteiger partial charge in [0.25, 0.3) is 5.91 Å². The number of para-hydroxylation sites is 1. The number of benzene rings is 2. The first kappa shape index (κ1) is 20.1. The third-order valence-electron chi connectivity index (χ3n) is 4.02. The molecule has 27 heavy (non-hydrogen) atoms. The van der Waals surface area contributed by atoms with Crippen molar-refractivity contribution in [2.24, 2.45) is 0 Å². The van der Waals surface area contributed by atoms with E-state index in [1.807, 2.05) is 56.6 Å². The van der Waals surface area contributed by atoms with Gasteiger partial charge in [0.1, 0.15) is 5.52 Å². The Balaban J connectivity index is 1.93. The van der Waals surface area contributed by atoms with Crippen molar-refractivity contribution in [1.29, 1.82) is 0 Å². The Labute approximate surface area is 173 Å². The van der Waals surface area contributed by atoms with E-state index >= 15 is 0 Å². The van der Waals surface area contributed by atoms with Crippen molar-refractivity contribution in [1.82, 2.24) is 9.88 Å². The highest BCUT2D eigenvalue weighted by atomic mass is 35.5. The number of nitrogens with zero attached hydrogens (tertiary/aromatic N) is 3. The first-order valence-electron chi connectivity index (χ1n) is 8.74. The zero-order valence-electron chi connectivity index (χ0n) is 15.6. The summed E-state index contributed by atoms with van der Waals surface area (Å²) in [6.45, 7) is 3.43. The fourth-order valence-corrected chi connectivity index (χ4v) is 4.57. The number of aromatic nitrogens is 1. The molecule has 0 saturated carbocycles. The van der Waals surface area contributed by atoms with Crippen molar-refractivity contribution in [3.63, 3.8) is 0 Å². The van der Waals surface area contributed by atoms with Crippen molar-refractivity contribution in [3.8, 4) is 0 Å². The Bertz CT molecular complexity index is 925. The Morgan fingerprint density at radius 3 is 2.52 bits per heavy atom. The van der Waals surface area contributed by atoms with Gasteiger partial charge in [-0.2, -0.15) is 0 Å². The Hall–Kier alpha value is -1.60. The molecule has 7 heteroatoms. The van der Waals surface area contributed by atoms with Gasteiger partial charge in [-0.05, 0) is 56.2 Å². The van der Waals surface area contributed by atoms with Crippen molar-refractivity contribution in [2.75, 3.05) is 37.8 Å². The van der Waals surface area contributed by atoms with Crippen LogP contribution in [0.25, 0.3) is 10.2 Å². The summed E-state index contributed by atoms with van der Waals surface area (Å²) in [4.78, 5) is 22.9. The first-order valence-corrected chi connectivity index (χ1v) is 10.9. The van der Waals surface area contributed by atoms with Crippen LogP contribution in [-0.2, 0) is 0 Å². The zero-order chi connectivity index (χ0) is 19.4. The molecule has 4 nitrogen and oxygen atoms in total. The molecule has 1 heterocycles. The number of carbonyl (C=O) groups excluding carboxylic acids is 1. The highest BCUT2D eigenvalue weighted by molar-refractivity contribution is 7.99. The number of likely N-dealkylation sites (N-methyl/N-ethyl adjacent to an activating group) is 1. The SMILES string of the molecule is CCSc1ccc(C(=O)N(CCN(C)C)c2nc3c(Cl)cccc3s2)cc1. The number of hydrogen-bond acceptors (Lipinski definition) is 5. The topological polar surface area (TPSA) is 36.4 Å². The van der Waals surface area contributed by atoms with E-state index in [-0.39, 0.29) is 5.91 Å². The third kappa shape index (κ3) is 4.82. The molecule has 0 fully saturated rings. The lowest BCUT2D eigenvalue weighted by molar-refractivity contribution is 0.0985. The average Bonchev–Trinajstić information content (AvgIpc) is 3.08. The lowest BCUT2D eigenvalue weighted by Crippen LogP contribution is -2.36. The number of rotatable bonds is 7. The fraction of sp³-hybridized carbons (Fsp3) is 0.300. The molecule has 0 atom stereocenters. The number of halogens is 1. The summed E-state index contributed by atoms with van der Waals surface area (Å²) in [6, 6.07) is 13.5. The fourth-order valence-electron chi connectivity index (χ4n) is 2.62. The molecule has 0 N–H and O–H groups in total. The Morgan fingerprint density at radius 1 is 1.15 bits per heavy atom. The van der Waals surface area contributed by atoms with Crippen LogP contribution in [0.3, 0.4) is 0 Å². The average molecular weight is 420 g/mol. The summed E-state index contributed by atoms with van der Waals surface area (Å²) in [7, 11) is 3.99. The maximum atomic E-state index is 13.2. The molecule has 0 unspecified atom stereocenters. The zero-order valence-corrected chi connectivity index (χ0v) is 18.0. The van der Waals surface area contributed by atoms with Gasteiger partial charge in [-0.15, -0.1) is 11.8 Å². The third-order valence-corrected chi connectivity index (χ3v) is 6.26. The minimum Gasteiger partial charge on any atom is -0.308 e. The van der Waals surface area contributed by atoms with E-state index in [9.17, 15) is 4.79 Å². The van der Waals surface area contributed by atoms with Crippen LogP contribution >= 0.6 is 34.7 Å². The molecular weight excluding hydrogens is 398 g/mol. The largest absolute Gasteiger partial charge is 0.308 e. The number of hydrogen-bond donors (Lipinski definition) is 0. The van der Waals surface area contributed by atoms with E-state index in [4.69, 9.17) is 11.6 Å². The van der Waals surface area contributed by atoms with E-state index in [0.717, 1.165) is 22.5 Å². The summed E-state index contributed by atoms with van der Waals surface area (Å²) in [5, 5.41) is 1.29. The van der Waals surface area contributed by atoms with Crippen molar-refractivity contribution < 1.29 is 4.79 Å². The molecule has 142 valence electrons. The minimum absolute atomic E-state index is 0.0416. The second-order valence-corrected chi connectivity index (χ2v) is 9.05. The molecular formula is C20H22ClN3OS2. The van der Waals surface area contributed by atoms with Gasteiger partial charge in [0.05, 0.1) is 9.72 Å². The number of amides is 1. The molecule has 0 spiro atoms. The van der Waals surface area contributed by atoms with E-state index in [1.165, 1.54) is 16.2 Å². The van der Waals surface area contributed by atoms with Crippen LogP contribution in [0.15, 0.2) is 47.4 Å². The second kappa shape index (κ2) is 9.06.